The zero-order valence-corrected chi connectivity index (χ0v) is 18.0. The van der Waals surface area contributed by atoms with E-state index in [0.717, 1.165) is 16.8 Å². The van der Waals surface area contributed by atoms with Crippen LogP contribution >= 0.6 is 0 Å². The highest BCUT2D eigenvalue weighted by molar-refractivity contribution is 6.08. The van der Waals surface area contributed by atoms with Crippen molar-refractivity contribution in [1.82, 2.24) is 9.78 Å². The fraction of sp³-hybridized carbons (Fsp3) is 0.115. The Morgan fingerprint density at radius 3 is 2.25 bits per heavy atom. The van der Waals surface area contributed by atoms with Gasteiger partial charge in [-0.25, -0.2) is 4.68 Å². The summed E-state index contributed by atoms with van der Waals surface area (Å²) >= 11 is 0. The fourth-order valence-corrected chi connectivity index (χ4v) is 3.30. The summed E-state index contributed by atoms with van der Waals surface area (Å²) in [5, 5.41) is 10.4. The first-order valence-electron chi connectivity index (χ1n) is 10.5. The predicted molar refractivity (Wildman–Crippen MR) is 127 cm³/mol. The molecule has 0 atom stereocenters. The molecule has 32 heavy (non-hydrogen) atoms. The molecule has 0 radical (unpaired) electrons. The van der Waals surface area contributed by atoms with Gasteiger partial charge in [0.1, 0.15) is 5.69 Å². The van der Waals surface area contributed by atoms with Gasteiger partial charge in [0.15, 0.2) is 0 Å². The van der Waals surface area contributed by atoms with E-state index in [4.69, 9.17) is 5.10 Å². The molecule has 0 saturated heterocycles. The molecule has 160 valence electrons. The minimum atomic E-state index is -0.277. The van der Waals surface area contributed by atoms with Gasteiger partial charge in [-0.05, 0) is 37.3 Å². The van der Waals surface area contributed by atoms with Gasteiger partial charge in [0.2, 0.25) is 5.91 Å². The molecular weight excluding hydrogens is 400 g/mol. The monoisotopic (exact) mass is 424 g/mol. The van der Waals surface area contributed by atoms with E-state index in [0.29, 0.717) is 29.1 Å². The van der Waals surface area contributed by atoms with Gasteiger partial charge < -0.3 is 10.6 Å². The first kappa shape index (κ1) is 21.1. The number of nitrogens with zero attached hydrogens (tertiary/aromatic N) is 2. The summed E-state index contributed by atoms with van der Waals surface area (Å²) in [6, 6.07) is 24.7. The van der Waals surface area contributed by atoms with Crippen molar-refractivity contribution in [3.8, 4) is 16.9 Å². The largest absolute Gasteiger partial charge is 0.326 e. The van der Waals surface area contributed by atoms with Crippen molar-refractivity contribution < 1.29 is 9.59 Å². The molecule has 0 saturated carbocycles. The van der Waals surface area contributed by atoms with Crippen molar-refractivity contribution in [1.29, 1.82) is 0 Å². The lowest BCUT2D eigenvalue weighted by Gasteiger charge is -2.08. The normalized spacial score (nSPS) is 10.6. The number of hydrogen-bond acceptors (Lipinski definition) is 3. The van der Waals surface area contributed by atoms with Crippen molar-refractivity contribution in [2.45, 2.75) is 20.3 Å². The number of benzene rings is 3. The van der Waals surface area contributed by atoms with Gasteiger partial charge in [-0.15, -0.1) is 0 Å². The lowest BCUT2D eigenvalue weighted by atomic mass is 10.1. The molecule has 0 spiro atoms. The lowest BCUT2D eigenvalue weighted by Crippen LogP contribution is -2.13. The molecule has 0 unspecified atom stereocenters. The van der Waals surface area contributed by atoms with E-state index in [1.54, 1.807) is 42.1 Å². The van der Waals surface area contributed by atoms with Crippen LogP contribution in [0.1, 0.15) is 29.3 Å². The van der Waals surface area contributed by atoms with Gasteiger partial charge in [0.05, 0.1) is 11.3 Å². The van der Waals surface area contributed by atoms with Crippen molar-refractivity contribution in [2.75, 3.05) is 10.6 Å². The lowest BCUT2D eigenvalue weighted by molar-refractivity contribution is -0.115. The molecule has 3 aromatic carbocycles. The topological polar surface area (TPSA) is 76.0 Å². The Kier molecular flexibility index (Phi) is 6.12. The van der Waals surface area contributed by atoms with E-state index in [2.05, 4.69) is 10.6 Å². The number of carbonyl (C=O) groups is 2. The highest BCUT2D eigenvalue weighted by Crippen LogP contribution is 2.25. The minimum Gasteiger partial charge on any atom is -0.326 e. The molecule has 6 nitrogen and oxygen atoms in total. The molecule has 1 aromatic heterocycles. The van der Waals surface area contributed by atoms with Gasteiger partial charge >= 0.3 is 0 Å². The van der Waals surface area contributed by atoms with Crippen LogP contribution in [0.3, 0.4) is 0 Å². The molecule has 4 rings (SSSR count). The molecule has 6 heteroatoms. The molecule has 0 aliphatic rings. The quantitative estimate of drug-likeness (QED) is 0.432. The number of aromatic nitrogens is 2. The maximum atomic E-state index is 13.2. The van der Waals surface area contributed by atoms with Crippen molar-refractivity contribution in [3.05, 3.63) is 96.2 Å². The molecule has 0 aliphatic carbocycles. The van der Waals surface area contributed by atoms with Crippen LogP contribution in [0.4, 0.5) is 11.4 Å². The van der Waals surface area contributed by atoms with Crippen LogP contribution in [0.5, 0.6) is 0 Å². The predicted octanol–water partition coefficient (Wildman–Crippen LogP) is 5.45. The Labute approximate surface area is 186 Å². The van der Waals surface area contributed by atoms with Crippen LogP contribution in [-0.2, 0) is 4.79 Å². The number of carbonyl (C=O) groups excluding carboxylic acids is 2. The first-order valence-corrected chi connectivity index (χ1v) is 10.5. The highest BCUT2D eigenvalue weighted by atomic mass is 16.2. The third kappa shape index (κ3) is 4.75. The Bertz CT molecular complexity index is 1240. The third-order valence-electron chi connectivity index (χ3n) is 5.03. The molecule has 0 aliphatic heterocycles. The zero-order valence-electron chi connectivity index (χ0n) is 18.0. The van der Waals surface area contributed by atoms with Crippen LogP contribution in [0.15, 0.2) is 85.1 Å². The second kappa shape index (κ2) is 9.31. The number of amides is 2. The zero-order chi connectivity index (χ0) is 22.5. The first-order chi connectivity index (χ1) is 15.5. The van der Waals surface area contributed by atoms with Crippen LogP contribution in [0.2, 0.25) is 0 Å². The number of nitrogens with one attached hydrogen (secondary N) is 2. The number of aryl methyl sites for hydroxylation is 1. The van der Waals surface area contributed by atoms with Crippen molar-refractivity contribution >= 4 is 23.2 Å². The van der Waals surface area contributed by atoms with Crippen LogP contribution in [-0.4, -0.2) is 21.6 Å². The van der Waals surface area contributed by atoms with Gasteiger partial charge in [-0.1, -0.05) is 61.0 Å². The second-order valence-corrected chi connectivity index (χ2v) is 7.47. The Morgan fingerprint density at radius 2 is 1.56 bits per heavy atom. The van der Waals surface area contributed by atoms with Crippen LogP contribution in [0, 0.1) is 6.92 Å². The summed E-state index contributed by atoms with van der Waals surface area (Å²) in [6.07, 6.45) is 2.13. The molecule has 2 N–H and O–H groups in total. The summed E-state index contributed by atoms with van der Waals surface area (Å²) in [5.41, 5.74) is 5.15. The maximum absolute atomic E-state index is 13.2. The summed E-state index contributed by atoms with van der Waals surface area (Å²) in [5.74, 6) is -0.361. The summed E-state index contributed by atoms with van der Waals surface area (Å²) in [4.78, 5) is 24.9. The van der Waals surface area contributed by atoms with E-state index < -0.39 is 0 Å². The van der Waals surface area contributed by atoms with Gasteiger partial charge in [-0.3, -0.25) is 9.59 Å². The molecule has 0 fully saturated rings. The SMILES string of the molecule is CCC(=O)Nc1cccc(NC(=O)c2cn(-c3ccc(C)cc3)nc2-c2ccccc2)c1. The summed E-state index contributed by atoms with van der Waals surface area (Å²) < 4.78 is 1.72. The fourth-order valence-electron chi connectivity index (χ4n) is 3.30. The number of anilines is 2. The molecule has 4 aromatic rings. The van der Waals surface area contributed by atoms with Crippen molar-refractivity contribution in [3.63, 3.8) is 0 Å². The standard InChI is InChI=1S/C26H24N4O2/c1-3-24(31)27-20-10-7-11-21(16-20)28-26(32)23-17-30(22-14-12-18(2)13-15-22)29-25(23)19-8-5-4-6-9-19/h4-17H,3H2,1-2H3,(H,27,31)(H,28,32). The molecule has 1 heterocycles. The maximum Gasteiger partial charge on any atom is 0.259 e. The average molecular weight is 425 g/mol. The van der Waals surface area contributed by atoms with Crippen LogP contribution < -0.4 is 10.6 Å². The van der Waals surface area contributed by atoms with Crippen molar-refractivity contribution in [2.24, 2.45) is 0 Å². The van der Waals surface area contributed by atoms with E-state index in [-0.39, 0.29) is 11.8 Å². The Balaban J connectivity index is 1.67. The minimum absolute atomic E-state index is 0.0841. The van der Waals surface area contributed by atoms with Crippen LogP contribution in [0.25, 0.3) is 16.9 Å². The number of hydrogen-bond donors (Lipinski definition) is 2. The Morgan fingerprint density at radius 1 is 0.875 bits per heavy atom. The Hall–Kier alpha value is -4.19. The molecule has 2 amide bonds. The van der Waals surface area contributed by atoms with Gasteiger partial charge in [0, 0.05) is 29.6 Å². The van der Waals surface area contributed by atoms with Gasteiger partial charge in [0.25, 0.3) is 5.91 Å². The summed E-state index contributed by atoms with van der Waals surface area (Å²) in [6.45, 7) is 3.82. The number of rotatable bonds is 6. The van der Waals surface area contributed by atoms with Gasteiger partial charge in [-0.2, -0.15) is 5.10 Å². The van der Waals surface area contributed by atoms with E-state index in [9.17, 15) is 9.59 Å². The smallest absolute Gasteiger partial charge is 0.259 e. The third-order valence-corrected chi connectivity index (χ3v) is 5.03. The highest BCUT2D eigenvalue weighted by Gasteiger charge is 2.19. The molecule has 0 bridgehead atoms. The van der Waals surface area contributed by atoms with E-state index >= 15 is 0 Å². The van der Waals surface area contributed by atoms with E-state index in [1.807, 2.05) is 61.5 Å². The molecular formula is C26H24N4O2. The van der Waals surface area contributed by atoms with E-state index in [1.165, 1.54) is 0 Å². The summed E-state index contributed by atoms with van der Waals surface area (Å²) in [7, 11) is 0. The average Bonchev–Trinajstić information content (AvgIpc) is 3.26. The second-order valence-electron chi connectivity index (χ2n) is 7.47.